The molecule has 0 unspecified atom stereocenters. The lowest BCUT2D eigenvalue weighted by Crippen LogP contribution is -2.18. The van der Waals surface area contributed by atoms with E-state index in [1.54, 1.807) is 56.3 Å². The van der Waals surface area contributed by atoms with Crippen LogP contribution in [0.1, 0.15) is 19.4 Å². The molecule has 2 aromatic carbocycles. The summed E-state index contributed by atoms with van der Waals surface area (Å²) in [6.45, 7) is 3.81. The Labute approximate surface area is 179 Å². The summed E-state index contributed by atoms with van der Waals surface area (Å²) < 4.78 is 21.1. The van der Waals surface area contributed by atoms with Crippen LogP contribution in [0.15, 0.2) is 52.5 Å². The highest BCUT2D eigenvalue weighted by molar-refractivity contribution is 6.17. The van der Waals surface area contributed by atoms with Crippen molar-refractivity contribution in [2.45, 2.75) is 13.8 Å². The van der Waals surface area contributed by atoms with Gasteiger partial charge in [0.15, 0.2) is 5.58 Å². The largest absolute Gasteiger partial charge is 0.481 e. The van der Waals surface area contributed by atoms with E-state index in [2.05, 4.69) is 10.9 Å². The predicted molar refractivity (Wildman–Crippen MR) is 115 cm³/mol. The maximum absolute atomic E-state index is 12.1. The zero-order valence-corrected chi connectivity index (χ0v) is 17.2. The molecule has 0 radical (unpaired) electrons. The number of ether oxygens (including phenoxy) is 3. The fourth-order valence-electron chi connectivity index (χ4n) is 2.75. The van der Waals surface area contributed by atoms with Crippen molar-refractivity contribution >= 4 is 29.1 Å². The van der Waals surface area contributed by atoms with E-state index in [0.29, 0.717) is 28.3 Å². The molecule has 7 nitrogen and oxygen atoms in total. The molecule has 0 bridgehead atoms. The Morgan fingerprint density at radius 3 is 2.35 bits per heavy atom. The molecule has 0 amide bonds. The van der Waals surface area contributed by atoms with Crippen molar-refractivity contribution in [3.8, 4) is 29.5 Å². The van der Waals surface area contributed by atoms with Crippen molar-refractivity contribution in [3.63, 3.8) is 0 Å². The molecule has 0 spiro atoms. The van der Waals surface area contributed by atoms with Gasteiger partial charge in [0.1, 0.15) is 23.4 Å². The van der Waals surface area contributed by atoms with Gasteiger partial charge in [-0.1, -0.05) is 18.1 Å². The second-order valence-electron chi connectivity index (χ2n) is 6.26. The number of hydrogen-bond donors (Lipinski definition) is 0. The van der Waals surface area contributed by atoms with Gasteiger partial charge in [-0.25, -0.2) is 14.6 Å². The average Bonchev–Trinajstić information content (AvgIpc) is 3.20. The molecule has 0 fully saturated rings. The maximum atomic E-state index is 12.1. The van der Waals surface area contributed by atoms with Gasteiger partial charge in [0.05, 0.1) is 13.2 Å². The Balaban J connectivity index is 1.86. The summed E-state index contributed by atoms with van der Waals surface area (Å²) >= 11 is 0. The first kappa shape index (κ1) is 21.7. The number of aromatic nitrogens is 1. The van der Waals surface area contributed by atoms with E-state index in [0.717, 1.165) is 5.56 Å². The van der Waals surface area contributed by atoms with Crippen LogP contribution in [0, 0.1) is 12.3 Å². The highest BCUT2D eigenvalue weighted by Gasteiger charge is 2.21. The number of carbonyl (C=O) groups excluding carboxylic acids is 2. The topological polar surface area (TPSA) is 87.9 Å². The van der Waals surface area contributed by atoms with Crippen LogP contribution in [0.25, 0.3) is 28.6 Å². The van der Waals surface area contributed by atoms with Crippen LogP contribution in [0.4, 0.5) is 0 Å². The van der Waals surface area contributed by atoms with Gasteiger partial charge < -0.3 is 18.6 Å². The lowest BCUT2D eigenvalue weighted by molar-refractivity contribution is -0.146. The van der Waals surface area contributed by atoms with E-state index >= 15 is 0 Å². The molecule has 7 heteroatoms. The molecule has 0 saturated carbocycles. The van der Waals surface area contributed by atoms with E-state index in [-0.39, 0.29) is 25.4 Å². The van der Waals surface area contributed by atoms with Crippen LogP contribution in [0.5, 0.6) is 5.75 Å². The maximum Gasteiger partial charge on any atom is 0.345 e. The number of hydrogen-bond acceptors (Lipinski definition) is 7. The summed E-state index contributed by atoms with van der Waals surface area (Å²) in [5.41, 5.74) is 2.44. The number of nitrogens with zero attached hydrogens (tertiary/aromatic N) is 1. The Hall–Kier alpha value is -4.05. The number of terminal acetylenes is 1. The van der Waals surface area contributed by atoms with Crippen molar-refractivity contribution in [1.29, 1.82) is 0 Å². The fraction of sp³-hybridized carbons (Fsp3) is 0.208. The number of oxazole rings is 1. The third-order valence-electron chi connectivity index (χ3n) is 4.14. The molecule has 0 atom stereocenters. The molecule has 158 valence electrons. The molecule has 1 aromatic heterocycles. The van der Waals surface area contributed by atoms with Crippen LogP contribution in [-0.2, 0) is 19.1 Å². The molecule has 31 heavy (non-hydrogen) atoms. The minimum absolute atomic E-state index is 0.154. The Morgan fingerprint density at radius 2 is 1.74 bits per heavy atom. The van der Waals surface area contributed by atoms with Crippen LogP contribution in [0.3, 0.4) is 0 Å². The molecule has 0 aliphatic rings. The third-order valence-corrected chi connectivity index (χ3v) is 4.14. The highest BCUT2D eigenvalue weighted by Crippen LogP contribution is 2.27. The molecular formula is C24H21NO6. The van der Waals surface area contributed by atoms with Gasteiger partial charge in [0.2, 0.25) is 5.89 Å². The SMILES string of the molecule is C#CCOc1ccc2nc(-c3ccc(C=C(C(=O)OCC)C(=O)OCC)cc3)oc2c1. The van der Waals surface area contributed by atoms with Crippen molar-refractivity contribution in [1.82, 2.24) is 4.98 Å². The van der Waals surface area contributed by atoms with Crippen LogP contribution < -0.4 is 4.74 Å². The van der Waals surface area contributed by atoms with Gasteiger partial charge in [0, 0.05) is 11.6 Å². The molecule has 0 aliphatic heterocycles. The van der Waals surface area contributed by atoms with E-state index < -0.39 is 11.9 Å². The fourth-order valence-corrected chi connectivity index (χ4v) is 2.75. The highest BCUT2D eigenvalue weighted by atomic mass is 16.6. The molecule has 3 rings (SSSR count). The first-order valence-corrected chi connectivity index (χ1v) is 9.69. The van der Waals surface area contributed by atoms with Crippen molar-refractivity contribution in [2.75, 3.05) is 19.8 Å². The minimum Gasteiger partial charge on any atom is -0.481 e. The van der Waals surface area contributed by atoms with Crippen molar-refractivity contribution in [2.24, 2.45) is 0 Å². The Bertz CT molecular complexity index is 1130. The minimum atomic E-state index is -0.730. The van der Waals surface area contributed by atoms with Crippen LogP contribution >= 0.6 is 0 Å². The van der Waals surface area contributed by atoms with Gasteiger partial charge in [-0.3, -0.25) is 0 Å². The quantitative estimate of drug-likeness (QED) is 0.179. The smallest absolute Gasteiger partial charge is 0.345 e. The van der Waals surface area contributed by atoms with Gasteiger partial charge in [-0.05, 0) is 49.8 Å². The molecule has 0 saturated heterocycles. The molecule has 1 heterocycles. The Morgan fingerprint density at radius 1 is 1.06 bits per heavy atom. The van der Waals surface area contributed by atoms with E-state index in [1.165, 1.54) is 6.08 Å². The summed E-state index contributed by atoms with van der Waals surface area (Å²) in [6, 6.07) is 12.3. The first-order valence-electron chi connectivity index (χ1n) is 9.69. The van der Waals surface area contributed by atoms with Gasteiger partial charge in [-0.15, -0.1) is 6.42 Å². The number of carbonyl (C=O) groups is 2. The summed E-state index contributed by atoms with van der Waals surface area (Å²) in [6.07, 6.45) is 6.64. The van der Waals surface area contributed by atoms with Crippen LogP contribution in [0.2, 0.25) is 0 Å². The van der Waals surface area contributed by atoms with E-state index in [9.17, 15) is 9.59 Å². The lowest BCUT2D eigenvalue weighted by Gasteiger charge is -2.06. The molecule has 3 aromatic rings. The average molecular weight is 419 g/mol. The normalized spacial score (nSPS) is 10.2. The van der Waals surface area contributed by atoms with Gasteiger partial charge in [0.25, 0.3) is 0 Å². The van der Waals surface area contributed by atoms with Gasteiger partial charge >= 0.3 is 11.9 Å². The Kier molecular flexibility index (Phi) is 7.07. The van der Waals surface area contributed by atoms with Gasteiger partial charge in [-0.2, -0.15) is 0 Å². The number of benzene rings is 2. The predicted octanol–water partition coefficient (Wildman–Crippen LogP) is 4.02. The monoisotopic (exact) mass is 419 g/mol. The number of rotatable bonds is 8. The van der Waals surface area contributed by atoms with Crippen LogP contribution in [-0.4, -0.2) is 36.7 Å². The zero-order valence-electron chi connectivity index (χ0n) is 17.2. The van der Waals surface area contributed by atoms with E-state index in [1.807, 2.05) is 0 Å². The summed E-state index contributed by atoms with van der Waals surface area (Å²) in [4.78, 5) is 28.7. The summed E-state index contributed by atoms with van der Waals surface area (Å²) in [5.74, 6) is 1.97. The summed E-state index contributed by atoms with van der Waals surface area (Å²) in [5, 5.41) is 0. The molecular weight excluding hydrogens is 398 g/mol. The third kappa shape index (κ3) is 5.31. The second-order valence-corrected chi connectivity index (χ2v) is 6.26. The lowest BCUT2D eigenvalue weighted by atomic mass is 10.1. The molecule has 0 N–H and O–H groups in total. The zero-order chi connectivity index (χ0) is 22.2. The van der Waals surface area contributed by atoms with Crippen molar-refractivity contribution < 1.29 is 28.2 Å². The molecule has 0 aliphatic carbocycles. The number of fused-ring (bicyclic) bond motifs is 1. The standard InChI is InChI=1S/C24H21NO6/c1-4-13-30-18-11-12-20-21(15-18)31-22(25-20)17-9-7-16(8-10-17)14-19(23(26)28-5-2)24(27)29-6-3/h1,7-12,14-15H,5-6,13H2,2-3H3. The second kappa shape index (κ2) is 10.1. The first-order chi connectivity index (χ1) is 15.0. The summed E-state index contributed by atoms with van der Waals surface area (Å²) in [7, 11) is 0. The van der Waals surface area contributed by atoms with E-state index in [4.69, 9.17) is 25.1 Å². The van der Waals surface area contributed by atoms with Crippen molar-refractivity contribution in [3.05, 3.63) is 53.6 Å². The number of esters is 2.